The largest absolute Gasteiger partial charge is 0.394 e. The number of ether oxygens (including phenoxy) is 1. The molecule has 2 N–H and O–H groups in total. The third-order valence-electron chi connectivity index (χ3n) is 3.60. The van der Waals surface area contributed by atoms with Gasteiger partial charge in [-0.15, -0.1) is 6.58 Å². The molecule has 0 saturated carbocycles. The first-order valence-electron chi connectivity index (χ1n) is 6.97. The second kappa shape index (κ2) is 8.01. The number of rotatable bonds is 6. The Labute approximate surface area is 119 Å². The van der Waals surface area contributed by atoms with E-state index in [-0.39, 0.29) is 31.0 Å². The number of urea groups is 1. The molecule has 3 amide bonds. The lowest BCUT2D eigenvalue weighted by molar-refractivity contribution is -0.120. The first-order chi connectivity index (χ1) is 9.53. The predicted molar refractivity (Wildman–Crippen MR) is 74.9 cm³/mol. The van der Waals surface area contributed by atoms with Crippen LogP contribution >= 0.6 is 0 Å². The second-order valence-corrected chi connectivity index (χ2v) is 4.99. The summed E-state index contributed by atoms with van der Waals surface area (Å²) in [7, 11) is 1.59. The van der Waals surface area contributed by atoms with Crippen LogP contribution in [0.3, 0.4) is 0 Å². The van der Waals surface area contributed by atoms with Gasteiger partial charge in [0, 0.05) is 13.5 Å². The predicted octanol–water partition coefficient (Wildman–Crippen LogP) is 1.25. The molecular weight excluding hydrogens is 260 g/mol. The van der Waals surface area contributed by atoms with E-state index < -0.39 is 12.3 Å². The highest BCUT2D eigenvalue weighted by atomic mass is 16.5. The molecule has 0 bridgehead atoms. The van der Waals surface area contributed by atoms with Crippen molar-refractivity contribution in [3.8, 4) is 0 Å². The third-order valence-corrected chi connectivity index (χ3v) is 3.60. The molecule has 0 aliphatic carbocycles. The highest BCUT2D eigenvalue weighted by Gasteiger charge is 2.37. The highest BCUT2D eigenvalue weighted by molar-refractivity contribution is 5.94. The maximum Gasteiger partial charge on any atom is 0.325 e. The van der Waals surface area contributed by atoms with Crippen LogP contribution in [0.25, 0.3) is 0 Å². The normalized spacial score (nSPS) is 25.2. The molecule has 6 nitrogen and oxygen atoms in total. The van der Waals surface area contributed by atoms with Crippen molar-refractivity contribution in [2.45, 2.75) is 44.9 Å². The van der Waals surface area contributed by atoms with Gasteiger partial charge in [0.15, 0.2) is 0 Å². The Morgan fingerprint density at radius 1 is 1.55 bits per heavy atom. The van der Waals surface area contributed by atoms with E-state index in [1.54, 1.807) is 14.0 Å². The van der Waals surface area contributed by atoms with Gasteiger partial charge in [0.25, 0.3) is 0 Å². The number of hydrogen-bond donors (Lipinski definition) is 2. The molecule has 0 aromatic heterocycles. The van der Waals surface area contributed by atoms with Crippen LogP contribution in [-0.2, 0) is 9.53 Å². The van der Waals surface area contributed by atoms with Gasteiger partial charge in [0.05, 0.1) is 12.7 Å². The molecule has 1 saturated heterocycles. The monoisotopic (exact) mass is 284 g/mol. The summed E-state index contributed by atoms with van der Waals surface area (Å²) < 4.78 is 5.69. The van der Waals surface area contributed by atoms with Crippen molar-refractivity contribution in [3.63, 3.8) is 0 Å². The Bertz CT molecular complexity index is 359. The zero-order chi connectivity index (χ0) is 15.1. The molecule has 1 aliphatic heterocycles. The standard InChI is InChI=1S/C14H24N2O4/c1-4-6-7-10-8-13(20-11(10)9-17)16(3)14(19)15-12(18)5-2/h4,10-11,13,17H,1,5-9H2,2-3H3,(H,15,18,19)/t10-,11?,13-/m1/s1. The van der Waals surface area contributed by atoms with Gasteiger partial charge in [0.2, 0.25) is 5.91 Å². The van der Waals surface area contributed by atoms with Crippen molar-refractivity contribution < 1.29 is 19.4 Å². The lowest BCUT2D eigenvalue weighted by atomic mass is 9.95. The fourth-order valence-electron chi connectivity index (χ4n) is 2.28. The topological polar surface area (TPSA) is 78.9 Å². The van der Waals surface area contributed by atoms with E-state index >= 15 is 0 Å². The Hall–Kier alpha value is -1.40. The highest BCUT2D eigenvalue weighted by Crippen LogP contribution is 2.31. The molecule has 0 aromatic rings. The van der Waals surface area contributed by atoms with Crippen molar-refractivity contribution in [1.82, 2.24) is 10.2 Å². The van der Waals surface area contributed by atoms with E-state index in [1.165, 1.54) is 4.90 Å². The lowest BCUT2D eigenvalue weighted by Gasteiger charge is -2.24. The summed E-state index contributed by atoms with van der Waals surface area (Å²) in [4.78, 5) is 24.4. The number of imide groups is 1. The van der Waals surface area contributed by atoms with Gasteiger partial charge in [-0.2, -0.15) is 0 Å². The first kappa shape index (κ1) is 16.7. The molecule has 1 aliphatic rings. The first-order valence-corrected chi connectivity index (χ1v) is 6.97. The summed E-state index contributed by atoms with van der Waals surface area (Å²) in [5.41, 5.74) is 0. The van der Waals surface area contributed by atoms with E-state index in [0.29, 0.717) is 6.42 Å². The number of carbonyl (C=O) groups is 2. The van der Waals surface area contributed by atoms with E-state index in [0.717, 1.165) is 12.8 Å². The Kier molecular flexibility index (Phi) is 6.67. The van der Waals surface area contributed by atoms with Crippen LogP contribution in [0.5, 0.6) is 0 Å². The molecule has 1 unspecified atom stereocenters. The minimum atomic E-state index is -0.470. The van der Waals surface area contributed by atoms with E-state index in [1.807, 2.05) is 6.08 Å². The summed E-state index contributed by atoms with van der Waals surface area (Å²) in [5, 5.41) is 11.6. The molecule has 3 atom stereocenters. The summed E-state index contributed by atoms with van der Waals surface area (Å²) in [6.07, 6.45) is 3.78. The number of aliphatic hydroxyl groups excluding tert-OH is 1. The number of allylic oxidation sites excluding steroid dienone is 1. The van der Waals surface area contributed by atoms with Gasteiger partial charge in [-0.1, -0.05) is 13.0 Å². The van der Waals surface area contributed by atoms with Gasteiger partial charge >= 0.3 is 6.03 Å². The summed E-state index contributed by atoms with van der Waals surface area (Å²) in [6, 6.07) is -0.470. The minimum absolute atomic E-state index is 0.0678. The molecule has 1 fully saturated rings. The number of nitrogens with zero attached hydrogens (tertiary/aromatic N) is 1. The quantitative estimate of drug-likeness (QED) is 0.720. The van der Waals surface area contributed by atoms with Crippen LogP contribution in [0.1, 0.15) is 32.6 Å². The van der Waals surface area contributed by atoms with E-state index in [4.69, 9.17) is 4.74 Å². The van der Waals surface area contributed by atoms with Crippen LogP contribution in [0.4, 0.5) is 4.79 Å². The number of amides is 3. The zero-order valence-corrected chi connectivity index (χ0v) is 12.2. The van der Waals surface area contributed by atoms with E-state index in [2.05, 4.69) is 11.9 Å². The van der Waals surface area contributed by atoms with Gasteiger partial charge < -0.3 is 14.7 Å². The maximum atomic E-state index is 11.9. The SMILES string of the molecule is C=CCC[C@@H]1C[C@H](N(C)C(=O)NC(=O)CC)OC1CO. The number of carbonyl (C=O) groups excluding carboxylic acids is 2. The average Bonchev–Trinajstić information content (AvgIpc) is 2.86. The summed E-state index contributed by atoms with van der Waals surface area (Å²) in [5.74, 6) is -0.123. The molecular formula is C14H24N2O4. The molecule has 0 spiro atoms. The van der Waals surface area contributed by atoms with Gasteiger partial charge in [-0.05, 0) is 25.2 Å². The average molecular weight is 284 g/mol. The van der Waals surface area contributed by atoms with Gasteiger partial charge in [-0.25, -0.2) is 4.79 Å². The fourth-order valence-corrected chi connectivity index (χ4v) is 2.28. The lowest BCUT2D eigenvalue weighted by Crippen LogP contribution is -2.45. The van der Waals surface area contributed by atoms with Crippen molar-refractivity contribution in [1.29, 1.82) is 0 Å². The molecule has 0 radical (unpaired) electrons. The third kappa shape index (κ3) is 4.31. The van der Waals surface area contributed by atoms with Crippen LogP contribution in [0.15, 0.2) is 12.7 Å². The van der Waals surface area contributed by atoms with Crippen LogP contribution in [-0.4, -0.2) is 47.9 Å². The van der Waals surface area contributed by atoms with Crippen molar-refractivity contribution >= 4 is 11.9 Å². The smallest absolute Gasteiger partial charge is 0.325 e. The van der Waals surface area contributed by atoms with Crippen LogP contribution in [0, 0.1) is 5.92 Å². The maximum absolute atomic E-state index is 11.9. The van der Waals surface area contributed by atoms with Gasteiger partial charge in [0.1, 0.15) is 6.23 Å². The molecule has 0 aromatic carbocycles. The summed E-state index contributed by atoms with van der Waals surface area (Å²) in [6.45, 7) is 5.30. The van der Waals surface area contributed by atoms with Crippen LogP contribution < -0.4 is 5.32 Å². The minimum Gasteiger partial charge on any atom is -0.394 e. The second-order valence-electron chi connectivity index (χ2n) is 4.99. The number of aliphatic hydroxyl groups is 1. The van der Waals surface area contributed by atoms with Crippen molar-refractivity contribution in [2.24, 2.45) is 5.92 Å². The number of nitrogens with one attached hydrogen (secondary N) is 1. The van der Waals surface area contributed by atoms with Crippen molar-refractivity contribution in [2.75, 3.05) is 13.7 Å². The van der Waals surface area contributed by atoms with Crippen molar-refractivity contribution in [3.05, 3.63) is 12.7 Å². The van der Waals surface area contributed by atoms with Crippen LogP contribution in [0.2, 0.25) is 0 Å². The van der Waals surface area contributed by atoms with Gasteiger partial charge in [-0.3, -0.25) is 10.1 Å². The molecule has 6 heteroatoms. The zero-order valence-electron chi connectivity index (χ0n) is 12.2. The molecule has 20 heavy (non-hydrogen) atoms. The van der Waals surface area contributed by atoms with E-state index in [9.17, 15) is 14.7 Å². The summed E-state index contributed by atoms with van der Waals surface area (Å²) >= 11 is 0. The Morgan fingerprint density at radius 2 is 2.25 bits per heavy atom. The Balaban J connectivity index is 2.56. The number of hydrogen-bond acceptors (Lipinski definition) is 4. The fraction of sp³-hybridized carbons (Fsp3) is 0.714. The molecule has 1 rings (SSSR count). The molecule has 1 heterocycles. The Morgan fingerprint density at radius 3 is 2.80 bits per heavy atom. The molecule has 114 valence electrons.